The van der Waals surface area contributed by atoms with Crippen molar-refractivity contribution in [1.82, 2.24) is 14.8 Å². The van der Waals surface area contributed by atoms with Crippen molar-refractivity contribution in [3.8, 4) is 0 Å². The number of carboxylic acids is 1. The molecule has 0 spiro atoms. The minimum Gasteiger partial charge on any atom is -0.478 e. The zero-order valence-corrected chi connectivity index (χ0v) is 12.2. The van der Waals surface area contributed by atoms with Crippen molar-refractivity contribution in [2.75, 3.05) is 0 Å². The summed E-state index contributed by atoms with van der Waals surface area (Å²) in [4.78, 5) is 13.9. The number of aromatic carboxylic acids is 1. The van der Waals surface area contributed by atoms with Crippen molar-refractivity contribution >= 4 is 27.4 Å². The highest BCUT2D eigenvalue weighted by Crippen LogP contribution is 2.26. The summed E-state index contributed by atoms with van der Waals surface area (Å²) in [7, 11) is -2.68. The quantitative estimate of drug-likeness (QED) is 0.904. The number of hydrogen-bond acceptors (Lipinski definition) is 5. The van der Waals surface area contributed by atoms with Gasteiger partial charge in [0.2, 0.25) is 0 Å². The van der Waals surface area contributed by atoms with Gasteiger partial charge in [-0.3, -0.25) is 4.68 Å². The number of aromatic nitrogens is 3. The van der Waals surface area contributed by atoms with Crippen LogP contribution in [0, 0.1) is 5.82 Å². The van der Waals surface area contributed by atoms with Gasteiger partial charge in [0, 0.05) is 12.1 Å². The lowest BCUT2D eigenvalue weighted by molar-refractivity contribution is 0.0691. The van der Waals surface area contributed by atoms with Crippen molar-refractivity contribution in [1.29, 1.82) is 0 Å². The van der Waals surface area contributed by atoms with E-state index in [-0.39, 0.29) is 10.8 Å². The van der Waals surface area contributed by atoms with E-state index in [0.29, 0.717) is 0 Å². The Morgan fingerprint density at radius 3 is 2.67 bits per heavy atom. The van der Waals surface area contributed by atoms with E-state index in [2.05, 4.69) is 10.1 Å². The monoisotopic (exact) mass is 333 g/mol. The largest absolute Gasteiger partial charge is 0.478 e. The SMILES string of the molecule is Cn1ncnc1CS(=O)(=O)c1cc(Cl)cc(C(=O)O)c1F. The second-order valence-corrected chi connectivity index (χ2v) is 6.52. The van der Waals surface area contributed by atoms with Gasteiger partial charge in [-0.2, -0.15) is 5.10 Å². The summed E-state index contributed by atoms with van der Waals surface area (Å²) in [5, 5.41) is 12.4. The molecule has 2 aromatic rings. The Balaban J connectivity index is 2.55. The first kappa shape index (κ1) is 15.4. The molecule has 112 valence electrons. The van der Waals surface area contributed by atoms with Gasteiger partial charge in [0.15, 0.2) is 15.7 Å². The molecule has 0 aliphatic rings. The molecule has 7 nitrogen and oxygen atoms in total. The second kappa shape index (κ2) is 5.41. The topological polar surface area (TPSA) is 102 Å². The van der Waals surface area contributed by atoms with E-state index in [4.69, 9.17) is 16.7 Å². The van der Waals surface area contributed by atoms with Crippen LogP contribution in [-0.4, -0.2) is 34.3 Å². The van der Waals surface area contributed by atoms with Crippen LogP contribution in [0.4, 0.5) is 4.39 Å². The Kier molecular flexibility index (Phi) is 3.97. The lowest BCUT2D eigenvalue weighted by Crippen LogP contribution is -2.13. The predicted octanol–water partition coefficient (Wildman–Crippen LogP) is 1.28. The van der Waals surface area contributed by atoms with Crippen LogP contribution in [-0.2, 0) is 22.6 Å². The Bertz CT molecular complexity index is 819. The summed E-state index contributed by atoms with van der Waals surface area (Å²) in [6, 6.07) is 1.72. The number of carbonyl (C=O) groups is 1. The lowest BCUT2D eigenvalue weighted by Gasteiger charge is -2.08. The second-order valence-electron chi connectivity index (χ2n) is 4.13. The van der Waals surface area contributed by atoms with Gasteiger partial charge in [-0.25, -0.2) is 22.6 Å². The van der Waals surface area contributed by atoms with Crippen LogP contribution in [0.25, 0.3) is 0 Å². The van der Waals surface area contributed by atoms with Crippen LogP contribution in [0.1, 0.15) is 16.2 Å². The summed E-state index contributed by atoms with van der Waals surface area (Å²) >= 11 is 5.66. The Hall–Kier alpha value is -2.00. The van der Waals surface area contributed by atoms with E-state index >= 15 is 0 Å². The summed E-state index contributed by atoms with van der Waals surface area (Å²) in [6.45, 7) is 0. The number of rotatable bonds is 4. The average Bonchev–Trinajstić information content (AvgIpc) is 2.76. The smallest absolute Gasteiger partial charge is 0.338 e. The highest BCUT2D eigenvalue weighted by Gasteiger charge is 2.26. The molecule has 1 N–H and O–H groups in total. The maximum absolute atomic E-state index is 14.1. The van der Waals surface area contributed by atoms with E-state index in [0.717, 1.165) is 18.5 Å². The molecule has 0 aliphatic heterocycles. The highest BCUT2D eigenvalue weighted by molar-refractivity contribution is 7.90. The minimum atomic E-state index is -4.16. The van der Waals surface area contributed by atoms with Crippen LogP contribution in [0.3, 0.4) is 0 Å². The molecule has 1 aromatic heterocycles. The van der Waals surface area contributed by atoms with Gasteiger partial charge in [-0.1, -0.05) is 11.6 Å². The number of aryl methyl sites for hydroxylation is 1. The number of hydrogen-bond donors (Lipinski definition) is 1. The number of nitrogens with zero attached hydrogens (tertiary/aromatic N) is 3. The first-order chi connectivity index (χ1) is 9.72. The fourth-order valence-electron chi connectivity index (χ4n) is 1.64. The molecule has 0 radical (unpaired) electrons. The molecule has 0 aliphatic carbocycles. The zero-order chi connectivity index (χ0) is 15.8. The maximum atomic E-state index is 14.1. The van der Waals surface area contributed by atoms with Gasteiger partial charge >= 0.3 is 5.97 Å². The van der Waals surface area contributed by atoms with E-state index in [1.54, 1.807) is 0 Å². The van der Waals surface area contributed by atoms with Crippen molar-refractivity contribution in [2.45, 2.75) is 10.6 Å². The molecular formula is C11H9ClFN3O4S. The van der Waals surface area contributed by atoms with E-state index in [9.17, 15) is 17.6 Å². The molecule has 0 amide bonds. The normalized spacial score (nSPS) is 11.6. The number of halogens is 2. The molecule has 21 heavy (non-hydrogen) atoms. The zero-order valence-electron chi connectivity index (χ0n) is 10.6. The van der Waals surface area contributed by atoms with Gasteiger partial charge in [0.1, 0.15) is 22.8 Å². The van der Waals surface area contributed by atoms with Crippen molar-refractivity contribution < 1.29 is 22.7 Å². The Labute approximate surface area is 123 Å². The third-order valence-electron chi connectivity index (χ3n) is 2.69. The fraction of sp³-hybridized carbons (Fsp3) is 0.182. The maximum Gasteiger partial charge on any atom is 0.338 e. The first-order valence-electron chi connectivity index (χ1n) is 5.50. The lowest BCUT2D eigenvalue weighted by atomic mass is 10.2. The number of carboxylic acid groups (broad SMARTS) is 1. The molecule has 10 heteroatoms. The first-order valence-corrected chi connectivity index (χ1v) is 7.53. The molecule has 0 fully saturated rings. The van der Waals surface area contributed by atoms with Gasteiger partial charge in [0.25, 0.3) is 0 Å². The van der Waals surface area contributed by atoms with Crippen LogP contribution in [0.15, 0.2) is 23.4 Å². The molecule has 0 saturated heterocycles. The van der Waals surface area contributed by atoms with Crippen molar-refractivity contribution in [3.63, 3.8) is 0 Å². The van der Waals surface area contributed by atoms with Crippen molar-refractivity contribution in [2.24, 2.45) is 7.05 Å². The third-order valence-corrected chi connectivity index (χ3v) is 4.52. The fourth-order valence-corrected chi connectivity index (χ4v) is 3.37. The van der Waals surface area contributed by atoms with E-state index in [1.807, 2.05) is 0 Å². The third kappa shape index (κ3) is 3.03. The van der Waals surface area contributed by atoms with Crippen LogP contribution >= 0.6 is 11.6 Å². The minimum absolute atomic E-state index is 0.0891. The summed E-state index contributed by atoms with van der Waals surface area (Å²) in [6.07, 6.45) is 1.15. The van der Waals surface area contributed by atoms with Crippen LogP contribution in [0.5, 0.6) is 0 Å². The Morgan fingerprint density at radius 1 is 1.48 bits per heavy atom. The Morgan fingerprint density at radius 2 is 2.14 bits per heavy atom. The molecule has 0 atom stereocenters. The molecule has 1 heterocycles. The summed E-state index contributed by atoms with van der Waals surface area (Å²) in [5.41, 5.74) is -0.806. The molecule has 0 unspecified atom stereocenters. The van der Waals surface area contributed by atoms with Crippen molar-refractivity contribution in [3.05, 3.63) is 40.7 Å². The number of sulfone groups is 1. The molecule has 0 bridgehead atoms. The van der Waals surface area contributed by atoms with Crippen LogP contribution < -0.4 is 0 Å². The molecule has 0 saturated carbocycles. The van der Waals surface area contributed by atoms with Gasteiger partial charge in [0.05, 0.1) is 5.56 Å². The summed E-state index contributed by atoms with van der Waals surface area (Å²) < 4.78 is 39.7. The molecular weight excluding hydrogens is 325 g/mol. The van der Waals surface area contributed by atoms with Gasteiger partial charge < -0.3 is 5.11 Å². The van der Waals surface area contributed by atoms with Crippen LogP contribution in [0.2, 0.25) is 5.02 Å². The van der Waals surface area contributed by atoms with E-state index in [1.165, 1.54) is 11.7 Å². The number of benzene rings is 1. The van der Waals surface area contributed by atoms with E-state index < -0.39 is 37.8 Å². The highest BCUT2D eigenvalue weighted by atomic mass is 35.5. The average molecular weight is 334 g/mol. The summed E-state index contributed by atoms with van der Waals surface area (Å²) in [5.74, 6) is -3.50. The predicted molar refractivity (Wildman–Crippen MR) is 70.3 cm³/mol. The van der Waals surface area contributed by atoms with Gasteiger partial charge in [-0.05, 0) is 12.1 Å². The molecule has 1 aromatic carbocycles. The van der Waals surface area contributed by atoms with Gasteiger partial charge in [-0.15, -0.1) is 0 Å². The molecule has 2 rings (SSSR count). The standard InChI is InChI=1S/C11H9ClFN3O4S/c1-16-9(14-5-15-16)4-21(19,20)8-3-6(12)2-7(10(8)13)11(17)18/h2-3,5H,4H2,1H3,(H,17,18).